The van der Waals surface area contributed by atoms with Gasteiger partial charge >= 0.3 is 5.97 Å². The quantitative estimate of drug-likeness (QED) is 0.685. The lowest BCUT2D eigenvalue weighted by atomic mass is 10.1. The number of hydrogen-bond acceptors (Lipinski definition) is 3. The van der Waals surface area contributed by atoms with E-state index in [-0.39, 0.29) is 11.9 Å². The molecule has 0 radical (unpaired) electrons. The van der Waals surface area contributed by atoms with E-state index in [4.69, 9.17) is 16.7 Å². The van der Waals surface area contributed by atoms with Crippen LogP contribution < -0.4 is 0 Å². The van der Waals surface area contributed by atoms with Gasteiger partial charge in [-0.05, 0) is 38.1 Å². The minimum absolute atomic E-state index is 0.0728. The van der Waals surface area contributed by atoms with Crippen LogP contribution in [0.3, 0.4) is 0 Å². The fraction of sp³-hybridized carbons (Fsp3) is 0.357. The van der Waals surface area contributed by atoms with Gasteiger partial charge in [0.1, 0.15) is 12.4 Å². The van der Waals surface area contributed by atoms with E-state index in [2.05, 4.69) is 4.99 Å². The molecule has 1 N–H and O–H groups in total. The summed E-state index contributed by atoms with van der Waals surface area (Å²) in [5, 5.41) is 9.50. The van der Waals surface area contributed by atoms with Crippen LogP contribution in [0.5, 0.6) is 0 Å². The standard InChI is InChI=1S/C14H17ClN2O3/c1-9(2)16-14(11-4-6-12(15)7-5-11)17(10(3)18)8-13(19)20/h4-7,9H,8H2,1-3H3,(H,19,20). The van der Waals surface area contributed by atoms with Crippen LogP contribution in [-0.2, 0) is 9.59 Å². The number of amides is 1. The highest BCUT2D eigenvalue weighted by atomic mass is 35.5. The summed E-state index contributed by atoms with van der Waals surface area (Å²) < 4.78 is 0. The predicted molar refractivity (Wildman–Crippen MR) is 78.1 cm³/mol. The van der Waals surface area contributed by atoms with Crippen LogP contribution in [0.25, 0.3) is 0 Å². The molecule has 0 saturated carbocycles. The van der Waals surface area contributed by atoms with Crippen LogP contribution in [0.4, 0.5) is 0 Å². The molecule has 6 heteroatoms. The van der Waals surface area contributed by atoms with E-state index in [1.165, 1.54) is 6.92 Å². The zero-order chi connectivity index (χ0) is 15.3. The molecule has 0 fully saturated rings. The Bertz CT molecular complexity index is 524. The summed E-state index contributed by atoms with van der Waals surface area (Å²) in [6.07, 6.45) is 0. The maximum absolute atomic E-state index is 11.7. The van der Waals surface area contributed by atoms with Crippen molar-refractivity contribution in [3.8, 4) is 0 Å². The molecule has 0 aliphatic carbocycles. The zero-order valence-corrected chi connectivity index (χ0v) is 12.4. The number of carbonyl (C=O) groups is 2. The first kappa shape index (κ1) is 16.2. The van der Waals surface area contributed by atoms with E-state index in [0.29, 0.717) is 16.4 Å². The number of benzene rings is 1. The third-order valence-electron chi connectivity index (χ3n) is 2.41. The molecule has 20 heavy (non-hydrogen) atoms. The van der Waals surface area contributed by atoms with E-state index < -0.39 is 12.5 Å². The number of hydrogen-bond donors (Lipinski definition) is 1. The van der Waals surface area contributed by atoms with Crippen molar-refractivity contribution >= 4 is 29.3 Å². The second-order valence-corrected chi connectivity index (χ2v) is 4.99. The Hall–Kier alpha value is -1.88. The number of aliphatic imine (C=N–C) groups is 1. The number of amidine groups is 1. The number of halogens is 1. The van der Waals surface area contributed by atoms with Crippen molar-refractivity contribution in [2.24, 2.45) is 4.99 Å². The van der Waals surface area contributed by atoms with Gasteiger partial charge in [0.25, 0.3) is 0 Å². The first-order valence-electron chi connectivity index (χ1n) is 6.15. The van der Waals surface area contributed by atoms with Crippen LogP contribution >= 0.6 is 11.6 Å². The van der Waals surface area contributed by atoms with Gasteiger partial charge in [0.15, 0.2) is 0 Å². The van der Waals surface area contributed by atoms with Crippen molar-refractivity contribution in [3.05, 3.63) is 34.9 Å². The van der Waals surface area contributed by atoms with Crippen LogP contribution in [0, 0.1) is 0 Å². The summed E-state index contributed by atoms with van der Waals surface area (Å²) in [5.74, 6) is -1.13. The van der Waals surface area contributed by atoms with Crippen molar-refractivity contribution in [2.75, 3.05) is 6.54 Å². The smallest absolute Gasteiger partial charge is 0.323 e. The van der Waals surface area contributed by atoms with Gasteiger partial charge in [-0.15, -0.1) is 0 Å². The second-order valence-electron chi connectivity index (χ2n) is 4.55. The Morgan fingerprint density at radius 3 is 2.25 bits per heavy atom. The van der Waals surface area contributed by atoms with Gasteiger partial charge in [-0.3, -0.25) is 19.5 Å². The summed E-state index contributed by atoms with van der Waals surface area (Å²) in [5.41, 5.74) is 0.652. The summed E-state index contributed by atoms with van der Waals surface area (Å²) in [7, 11) is 0. The number of carboxylic acid groups (broad SMARTS) is 1. The molecule has 1 aromatic carbocycles. The molecule has 0 aliphatic rings. The van der Waals surface area contributed by atoms with E-state index in [0.717, 1.165) is 4.90 Å². The van der Waals surface area contributed by atoms with Crippen molar-refractivity contribution in [1.82, 2.24) is 4.90 Å². The summed E-state index contributed by atoms with van der Waals surface area (Å²) >= 11 is 5.83. The summed E-state index contributed by atoms with van der Waals surface area (Å²) in [4.78, 5) is 28.1. The Labute approximate surface area is 122 Å². The van der Waals surface area contributed by atoms with E-state index in [1.807, 2.05) is 13.8 Å². The number of carbonyl (C=O) groups excluding carboxylic acids is 1. The third-order valence-corrected chi connectivity index (χ3v) is 2.66. The normalized spacial score (nSPS) is 11.6. The molecule has 1 amide bonds. The highest BCUT2D eigenvalue weighted by molar-refractivity contribution is 6.30. The maximum atomic E-state index is 11.7. The Balaban J connectivity index is 3.26. The van der Waals surface area contributed by atoms with Crippen molar-refractivity contribution < 1.29 is 14.7 Å². The topological polar surface area (TPSA) is 70.0 Å². The highest BCUT2D eigenvalue weighted by Gasteiger charge is 2.20. The van der Waals surface area contributed by atoms with E-state index in [1.54, 1.807) is 24.3 Å². The maximum Gasteiger partial charge on any atom is 0.323 e. The van der Waals surface area contributed by atoms with Gasteiger partial charge in [0.05, 0.1) is 0 Å². The van der Waals surface area contributed by atoms with Gasteiger partial charge in [0.2, 0.25) is 5.91 Å². The minimum atomic E-state index is -1.09. The van der Waals surface area contributed by atoms with Crippen molar-refractivity contribution in [1.29, 1.82) is 0 Å². The van der Waals surface area contributed by atoms with Crippen LogP contribution in [0.15, 0.2) is 29.3 Å². The predicted octanol–water partition coefficient (Wildman–Crippen LogP) is 2.43. The Kier molecular flexibility index (Phi) is 5.70. The molecule has 0 spiro atoms. The number of rotatable bonds is 4. The molecule has 0 heterocycles. The van der Waals surface area contributed by atoms with Crippen LogP contribution in [-0.4, -0.2) is 40.3 Å². The SMILES string of the molecule is CC(=O)N(CC(=O)O)C(=NC(C)C)c1ccc(Cl)cc1. The lowest BCUT2D eigenvalue weighted by molar-refractivity contribution is -0.141. The lowest BCUT2D eigenvalue weighted by Crippen LogP contribution is -2.40. The van der Waals surface area contributed by atoms with Gasteiger partial charge < -0.3 is 5.11 Å². The number of aliphatic carboxylic acids is 1. The first-order chi connectivity index (χ1) is 9.31. The average molecular weight is 297 g/mol. The molecule has 0 unspecified atom stereocenters. The number of nitrogens with zero attached hydrogens (tertiary/aromatic N) is 2. The molecule has 0 atom stereocenters. The molecule has 108 valence electrons. The van der Waals surface area contributed by atoms with Gasteiger partial charge in [-0.2, -0.15) is 0 Å². The van der Waals surface area contributed by atoms with E-state index in [9.17, 15) is 9.59 Å². The molecule has 0 aromatic heterocycles. The molecular weight excluding hydrogens is 280 g/mol. The van der Waals surface area contributed by atoms with Gasteiger partial charge in [0, 0.05) is 23.6 Å². The average Bonchev–Trinajstić information content (AvgIpc) is 2.34. The second kappa shape index (κ2) is 7.05. The zero-order valence-electron chi connectivity index (χ0n) is 11.6. The van der Waals surface area contributed by atoms with Crippen molar-refractivity contribution in [2.45, 2.75) is 26.8 Å². The fourth-order valence-corrected chi connectivity index (χ4v) is 1.74. The Morgan fingerprint density at radius 1 is 1.30 bits per heavy atom. The van der Waals surface area contributed by atoms with Crippen molar-refractivity contribution in [3.63, 3.8) is 0 Å². The summed E-state index contributed by atoms with van der Waals surface area (Å²) in [6, 6.07) is 6.69. The molecule has 0 aliphatic heterocycles. The lowest BCUT2D eigenvalue weighted by Gasteiger charge is -2.22. The van der Waals surface area contributed by atoms with Gasteiger partial charge in [-0.25, -0.2) is 0 Å². The van der Waals surface area contributed by atoms with E-state index >= 15 is 0 Å². The minimum Gasteiger partial charge on any atom is -0.480 e. The number of carboxylic acids is 1. The molecular formula is C14H17ClN2O3. The molecule has 1 aromatic rings. The first-order valence-corrected chi connectivity index (χ1v) is 6.52. The fourth-order valence-electron chi connectivity index (χ4n) is 1.61. The molecule has 5 nitrogen and oxygen atoms in total. The Morgan fingerprint density at radius 2 is 1.85 bits per heavy atom. The van der Waals surface area contributed by atoms with Crippen LogP contribution in [0.1, 0.15) is 26.3 Å². The molecule has 0 bridgehead atoms. The largest absolute Gasteiger partial charge is 0.480 e. The van der Waals surface area contributed by atoms with Gasteiger partial charge in [-0.1, -0.05) is 11.6 Å². The molecule has 1 rings (SSSR count). The molecule has 0 saturated heterocycles. The monoisotopic (exact) mass is 296 g/mol. The summed E-state index contributed by atoms with van der Waals surface area (Å²) in [6.45, 7) is 4.60. The third kappa shape index (κ3) is 4.66. The highest BCUT2D eigenvalue weighted by Crippen LogP contribution is 2.13. The van der Waals surface area contributed by atoms with Crippen LogP contribution in [0.2, 0.25) is 5.02 Å².